The van der Waals surface area contributed by atoms with E-state index in [1.54, 1.807) is 25.1 Å². The molecule has 0 spiro atoms. The molecular weight excluding hydrogens is 260 g/mol. The highest BCUT2D eigenvalue weighted by Gasteiger charge is 2.15. The van der Waals surface area contributed by atoms with E-state index >= 15 is 0 Å². The summed E-state index contributed by atoms with van der Waals surface area (Å²) in [4.78, 5) is 23.1. The van der Waals surface area contributed by atoms with Gasteiger partial charge in [-0.05, 0) is 26.0 Å². The number of amides is 2. The molecule has 20 heavy (non-hydrogen) atoms. The molecule has 0 heterocycles. The Morgan fingerprint density at radius 3 is 2.50 bits per heavy atom. The maximum atomic E-state index is 11.7. The molecule has 1 aromatic carbocycles. The molecule has 1 atom stereocenters. The molecule has 0 aliphatic carbocycles. The molecule has 110 valence electrons. The largest absolute Gasteiger partial charge is 0.493 e. The fourth-order valence-electron chi connectivity index (χ4n) is 1.56. The second-order valence-electron chi connectivity index (χ2n) is 4.12. The average molecular weight is 280 g/mol. The number of nitrogens with one attached hydrogen (secondary N) is 2. The van der Waals surface area contributed by atoms with Gasteiger partial charge in [0.25, 0.3) is 5.91 Å². The molecular formula is C14H20N2O4. The highest BCUT2D eigenvalue weighted by Crippen LogP contribution is 2.25. The van der Waals surface area contributed by atoms with Gasteiger partial charge in [-0.25, -0.2) is 0 Å². The van der Waals surface area contributed by atoms with E-state index < -0.39 is 6.04 Å². The molecule has 0 aliphatic heterocycles. The van der Waals surface area contributed by atoms with Gasteiger partial charge in [0.1, 0.15) is 6.04 Å². The molecule has 6 heteroatoms. The number of hydrogen-bond acceptors (Lipinski definition) is 4. The van der Waals surface area contributed by atoms with Crippen LogP contribution in [0.15, 0.2) is 24.3 Å². The molecule has 0 unspecified atom stereocenters. The van der Waals surface area contributed by atoms with Gasteiger partial charge >= 0.3 is 0 Å². The fourth-order valence-corrected chi connectivity index (χ4v) is 1.56. The summed E-state index contributed by atoms with van der Waals surface area (Å²) >= 11 is 0. The van der Waals surface area contributed by atoms with E-state index in [2.05, 4.69) is 10.6 Å². The van der Waals surface area contributed by atoms with Crippen molar-refractivity contribution in [2.75, 3.05) is 20.3 Å². The Morgan fingerprint density at radius 1 is 1.25 bits per heavy atom. The molecule has 0 aliphatic rings. The number of methoxy groups -OCH3 is 1. The van der Waals surface area contributed by atoms with Crippen LogP contribution >= 0.6 is 0 Å². The van der Waals surface area contributed by atoms with Crippen LogP contribution in [0.5, 0.6) is 11.5 Å². The van der Waals surface area contributed by atoms with E-state index in [0.29, 0.717) is 18.0 Å². The quantitative estimate of drug-likeness (QED) is 0.771. The summed E-state index contributed by atoms with van der Waals surface area (Å²) in [5.41, 5.74) is 0. The average Bonchev–Trinajstić information content (AvgIpc) is 2.45. The van der Waals surface area contributed by atoms with Crippen molar-refractivity contribution in [3.05, 3.63) is 24.3 Å². The normalized spacial score (nSPS) is 11.3. The predicted octanol–water partition coefficient (Wildman–Crippen LogP) is 0.715. The van der Waals surface area contributed by atoms with E-state index in [1.165, 1.54) is 7.11 Å². The first-order valence-electron chi connectivity index (χ1n) is 6.41. The Bertz CT molecular complexity index is 462. The minimum Gasteiger partial charge on any atom is -0.493 e. The zero-order valence-electron chi connectivity index (χ0n) is 11.9. The molecule has 2 amide bonds. The van der Waals surface area contributed by atoms with Gasteiger partial charge in [0.15, 0.2) is 18.1 Å². The summed E-state index contributed by atoms with van der Waals surface area (Å²) in [6, 6.07) is 6.45. The highest BCUT2D eigenvalue weighted by molar-refractivity contribution is 5.87. The lowest BCUT2D eigenvalue weighted by Gasteiger charge is -2.14. The van der Waals surface area contributed by atoms with Gasteiger partial charge in [0.2, 0.25) is 5.91 Å². The minimum absolute atomic E-state index is 0.176. The fraction of sp³-hybridized carbons (Fsp3) is 0.429. The third-order valence-corrected chi connectivity index (χ3v) is 2.55. The first kappa shape index (κ1) is 15.8. The van der Waals surface area contributed by atoms with Crippen molar-refractivity contribution in [3.8, 4) is 11.5 Å². The lowest BCUT2D eigenvalue weighted by Crippen LogP contribution is -2.46. The zero-order chi connectivity index (χ0) is 15.0. The molecule has 1 aromatic rings. The maximum absolute atomic E-state index is 11.7. The van der Waals surface area contributed by atoms with Gasteiger partial charge in [-0.15, -0.1) is 0 Å². The van der Waals surface area contributed by atoms with Crippen molar-refractivity contribution >= 4 is 11.8 Å². The van der Waals surface area contributed by atoms with Gasteiger partial charge in [0.05, 0.1) is 7.11 Å². The summed E-state index contributed by atoms with van der Waals surface area (Å²) in [5, 5.41) is 5.18. The molecule has 0 saturated carbocycles. The molecule has 6 nitrogen and oxygen atoms in total. The minimum atomic E-state index is -0.594. The highest BCUT2D eigenvalue weighted by atomic mass is 16.5. The summed E-state index contributed by atoms with van der Waals surface area (Å²) in [7, 11) is 1.53. The van der Waals surface area contributed by atoms with Crippen molar-refractivity contribution in [2.45, 2.75) is 19.9 Å². The first-order chi connectivity index (χ1) is 9.58. The van der Waals surface area contributed by atoms with Crippen molar-refractivity contribution in [1.82, 2.24) is 10.6 Å². The van der Waals surface area contributed by atoms with Crippen LogP contribution in [0, 0.1) is 0 Å². The van der Waals surface area contributed by atoms with E-state index in [9.17, 15) is 9.59 Å². The van der Waals surface area contributed by atoms with Crippen LogP contribution in [0.2, 0.25) is 0 Å². The van der Waals surface area contributed by atoms with Crippen LogP contribution in [0.4, 0.5) is 0 Å². The van der Waals surface area contributed by atoms with Crippen LogP contribution in [-0.2, 0) is 9.59 Å². The summed E-state index contributed by atoms with van der Waals surface area (Å²) in [6.45, 7) is 3.78. The Hall–Kier alpha value is -2.24. The van der Waals surface area contributed by atoms with Crippen molar-refractivity contribution < 1.29 is 19.1 Å². The van der Waals surface area contributed by atoms with Gasteiger partial charge in [0, 0.05) is 6.54 Å². The number of hydrogen-bond donors (Lipinski definition) is 2. The lowest BCUT2D eigenvalue weighted by molar-refractivity contribution is -0.129. The van der Waals surface area contributed by atoms with Gasteiger partial charge in [-0.1, -0.05) is 12.1 Å². The van der Waals surface area contributed by atoms with Crippen LogP contribution < -0.4 is 20.1 Å². The van der Waals surface area contributed by atoms with Gasteiger partial charge in [-0.2, -0.15) is 0 Å². The molecule has 0 aromatic heterocycles. The van der Waals surface area contributed by atoms with E-state index in [0.717, 1.165) is 0 Å². The summed E-state index contributed by atoms with van der Waals surface area (Å²) in [6.07, 6.45) is 0. The van der Waals surface area contributed by atoms with Crippen molar-refractivity contribution in [1.29, 1.82) is 0 Å². The molecule has 0 saturated heterocycles. The molecule has 0 radical (unpaired) electrons. The van der Waals surface area contributed by atoms with E-state index in [-0.39, 0.29) is 18.4 Å². The number of rotatable bonds is 7. The number of benzene rings is 1. The summed E-state index contributed by atoms with van der Waals surface area (Å²) < 4.78 is 10.5. The maximum Gasteiger partial charge on any atom is 0.258 e. The van der Waals surface area contributed by atoms with Crippen molar-refractivity contribution in [3.63, 3.8) is 0 Å². The van der Waals surface area contributed by atoms with Crippen molar-refractivity contribution in [2.24, 2.45) is 0 Å². The molecule has 1 rings (SSSR count). The Kier molecular flexibility index (Phi) is 6.36. The zero-order valence-corrected chi connectivity index (χ0v) is 11.9. The number of carbonyl (C=O) groups is 2. The topological polar surface area (TPSA) is 76.7 Å². The Balaban J connectivity index is 2.45. The van der Waals surface area contributed by atoms with Gasteiger partial charge in [-0.3, -0.25) is 9.59 Å². The lowest BCUT2D eigenvalue weighted by atomic mass is 10.3. The second kappa shape index (κ2) is 8.04. The third kappa shape index (κ3) is 4.79. The number of likely N-dealkylation sites (N-methyl/N-ethyl adjacent to an activating group) is 1. The number of para-hydroxylation sites is 2. The molecule has 0 bridgehead atoms. The van der Waals surface area contributed by atoms with Crippen LogP contribution in [-0.4, -0.2) is 38.1 Å². The molecule has 0 fully saturated rings. The standard InChI is InChI=1S/C14H20N2O4/c1-4-15-14(18)10(2)16-13(17)9-20-12-8-6-5-7-11(12)19-3/h5-8,10H,4,9H2,1-3H3,(H,15,18)(H,16,17)/t10-/m1/s1. The molecule has 2 N–H and O–H groups in total. The van der Waals surface area contributed by atoms with Gasteiger partial charge < -0.3 is 20.1 Å². The van der Waals surface area contributed by atoms with E-state index in [4.69, 9.17) is 9.47 Å². The van der Waals surface area contributed by atoms with Crippen LogP contribution in [0.3, 0.4) is 0 Å². The van der Waals surface area contributed by atoms with Crippen LogP contribution in [0.1, 0.15) is 13.8 Å². The number of carbonyl (C=O) groups excluding carboxylic acids is 2. The smallest absolute Gasteiger partial charge is 0.258 e. The predicted molar refractivity (Wildman–Crippen MR) is 74.8 cm³/mol. The monoisotopic (exact) mass is 280 g/mol. The Labute approximate surface area is 118 Å². The second-order valence-corrected chi connectivity index (χ2v) is 4.12. The summed E-state index contributed by atoms with van der Waals surface area (Å²) in [5.74, 6) is 0.445. The third-order valence-electron chi connectivity index (χ3n) is 2.55. The van der Waals surface area contributed by atoms with E-state index in [1.807, 2.05) is 13.0 Å². The first-order valence-corrected chi connectivity index (χ1v) is 6.41. The SMILES string of the molecule is CCNC(=O)[C@@H](C)NC(=O)COc1ccccc1OC. The Morgan fingerprint density at radius 2 is 1.90 bits per heavy atom. The number of ether oxygens (including phenoxy) is 2. The van der Waals surface area contributed by atoms with Crippen LogP contribution in [0.25, 0.3) is 0 Å².